The molecule has 0 rings (SSSR count). The highest BCUT2D eigenvalue weighted by molar-refractivity contribution is 5.76. The zero-order chi connectivity index (χ0) is 49.3. The molecule has 3 N–H and O–H groups in total. The van der Waals surface area contributed by atoms with E-state index in [1.165, 1.54) is 231 Å². The largest absolute Gasteiger partial charge is 0.466 e. The molecule has 0 saturated carbocycles. The highest BCUT2D eigenvalue weighted by atomic mass is 16.5. The normalized spacial score (nSPS) is 12.8. The lowest BCUT2D eigenvalue weighted by Gasteiger charge is -2.22. The monoisotopic (exact) mass is 956 g/mol. The van der Waals surface area contributed by atoms with Gasteiger partial charge in [-0.05, 0) is 70.6 Å². The van der Waals surface area contributed by atoms with Crippen LogP contribution >= 0.6 is 0 Å². The van der Waals surface area contributed by atoms with Gasteiger partial charge in [0.25, 0.3) is 0 Å². The molecule has 6 heteroatoms. The van der Waals surface area contributed by atoms with Crippen molar-refractivity contribution in [3.8, 4) is 0 Å². The van der Waals surface area contributed by atoms with E-state index in [9.17, 15) is 19.8 Å². The topological polar surface area (TPSA) is 95.9 Å². The molecule has 1 amide bonds. The van der Waals surface area contributed by atoms with E-state index in [-0.39, 0.29) is 18.5 Å². The van der Waals surface area contributed by atoms with Crippen LogP contribution in [0.3, 0.4) is 0 Å². The Balaban J connectivity index is 3.52. The van der Waals surface area contributed by atoms with Crippen LogP contribution in [-0.4, -0.2) is 47.4 Å². The Morgan fingerprint density at radius 1 is 0.412 bits per heavy atom. The van der Waals surface area contributed by atoms with Gasteiger partial charge in [-0.1, -0.05) is 275 Å². The van der Waals surface area contributed by atoms with Crippen molar-refractivity contribution in [2.45, 2.75) is 334 Å². The van der Waals surface area contributed by atoms with E-state index in [2.05, 4.69) is 49.5 Å². The first-order valence-corrected chi connectivity index (χ1v) is 30.2. The molecule has 6 nitrogen and oxygen atoms in total. The average molecular weight is 957 g/mol. The van der Waals surface area contributed by atoms with Crippen molar-refractivity contribution in [3.05, 3.63) is 36.5 Å². The standard InChI is InChI=1S/C62H117NO5/c1-3-5-7-9-11-13-15-17-19-21-23-25-27-30-34-38-42-46-50-54-60(65)59(58-64)63-61(66)55-51-47-43-39-35-31-29-33-37-41-45-49-53-57-68-62(67)56-52-48-44-40-36-32-28-26-24-22-20-18-16-14-12-10-8-6-4-2/h18,20,31,35,43,47,59-60,64-65H,3-17,19,21-30,32-34,36-42,44-46,48-58H2,1-2H3,(H,63,66)/b20-18-,35-31-,47-43-. The van der Waals surface area contributed by atoms with Crippen molar-refractivity contribution in [1.29, 1.82) is 0 Å². The second-order valence-electron chi connectivity index (χ2n) is 20.7. The molecule has 0 heterocycles. The Morgan fingerprint density at radius 3 is 1.16 bits per heavy atom. The molecule has 0 radical (unpaired) electrons. The first-order chi connectivity index (χ1) is 33.5. The Morgan fingerprint density at radius 2 is 0.750 bits per heavy atom. The molecule has 0 aliphatic carbocycles. The van der Waals surface area contributed by atoms with E-state index in [0.717, 1.165) is 51.4 Å². The van der Waals surface area contributed by atoms with Crippen molar-refractivity contribution in [1.82, 2.24) is 5.32 Å². The number of esters is 1. The van der Waals surface area contributed by atoms with Crippen LogP contribution < -0.4 is 5.32 Å². The average Bonchev–Trinajstić information content (AvgIpc) is 3.34. The molecule has 2 atom stereocenters. The molecular formula is C62H117NO5. The summed E-state index contributed by atoms with van der Waals surface area (Å²) in [5.74, 6) is -0.130. The van der Waals surface area contributed by atoms with Crippen LogP contribution in [0.15, 0.2) is 36.5 Å². The van der Waals surface area contributed by atoms with Gasteiger partial charge < -0.3 is 20.3 Å². The van der Waals surface area contributed by atoms with Crippen molar-refractivity contribution in [2.75, 3.05) is 13.2 Å². The molecule has 0 aromatic carbocycles. The predicted molar refractivity (Wildman–Crippen MR) is 296 cm³/mol. The number of hydrogen-bond donors (Lipinski definition) is 3. The smallest absolute Gasteiger partial charge is 0.305 e. The fourth-order valence-electron chi connectivity index (χ4n) is 9.27. The van der Waals surface area contributed by atoms with Gasteiger partial charge in [-0.2, -0.15) is 0 Å². The van der Waals surface area contributed by atoms with Gasteiger partial charge >= 0.3 is 5.97 Å². The maximum absolute atomic E-state index is 12.5. The van der Waals surface area contributed by atoms with E-state index in [4.69, 9.17) is 4.74 Å². The molecule has 2 unspecified atom stereocenters. The van der Waals surface area contributed by atoms with Crippen LogP contribution in [-0.2, 0) is 14.3 Å². The van der Waals surface area contributed by atoms with E-state index < -0.39 is 12.1 Å². The summed E-state index contributed by atoms with van der Waals surface area (Å²) < 4.78 is 5.48. The third-order valence-electron chi connectivity index (χ3n) is 13.9. The highest BCUT2D eigenvalue weighted by Gasteiger charge is 2.19. The Bertz CT molecular complexity index is 1100. The Labute approximate surface area is 424 Å². The molecule has 400 valence electrons. The fourth-order valence-corrected chi connectivity index (χ4v) is 9.27. The molecule has 0 fully saturated rings. The zero-order valence-corrected chi connectivity index (χ0v) is 45.6. The summed E-state index contributed by atoms with van der Waals surface area (Å²) in [7, 11) is 0. The minimum absolute atomic E-state index is 0.0170. The maximum atomic E-state index is 12.5. The number of carbonyl (C=O) groups excluding carboxylic acids is 2. The number of nitrogens with one attached hydrogen (secondary N) is 1. The van der Waals surface area contributed by atoms with Gasteiger partial charge in [0, 0.05) is 12.8 Å². The van der Waals surface area contributed by atoms with Gasteiger partial charge in [-0.25, -0.2) is 0 Å². The third-order valence-corrected chi connectivity index (χ3v) is 13.9. The number of rotatable bonds is 56. The van der Waals surface area contributed by atoms with Gasteiger partial charge in [0.15, 0.2) is 0 Å². The number of aliphatic hydroxyl groups is 2. The quantitative estimate of drug-likeness (QED) is 0.0321. The van der Waals surface area contributed by atoms with Crippen LogP contribution in [0.2, 0.25) is 0 Å². The molecule has 0 aromatic heterocycles. The summed E-state index contributed by atoms with van der Waals surface area (Å²) in [6.07, 6.45) is 71.5. The molecular weight excluding hydrogens is 839 g/mol. The second-order valence-corrected chi connectivity index (χ2v) is 20.7. The molecule has 0 spiro atoms. The fraction of sp³-hybridized carbons (Fsp3) is 0.871. The van der Waals surface area contributed by atoms with Crippen LogP contribution in [0.4, 0.5) is 0 Å². The molecule has 68 heavy (non-hydrogen) atoms. The van der Waals surface area contributed by atoms with Gasteiger partial charge in [0.1, 0.15) is 0 Å². The van der Waals surface area contributed by atoms with Crippen LogP contribution in [0.1, 0.15) is 322 Å². The van der Waals surface area contributed by atoms with Crippen LogP contribution in [0.25, 0.3) is 0 Å². The third kappa shape index (κ3) is 53.4. The molecule has 0 aromatic rings. The van der Waals surface area contributed by atoms with E-state index >= 15 is 0 Å². The number of aliphatic hydroxyl groups excluding tert-OH is 2. The molecule has 0 aliphatic heterocycles. The summed E-state index contributed by atoms with van der Waals surface area (Å²) in [5, 5.41) is 23.2. The zero-order valence-electron chi connectivity index (χ0n) is 45.6. The number of unbranched alkanes of at least 4 members (excludes halogenated alkanes) is 39. The summed E-state index contributed by atoms with van der Waals surface area (Å²) in [4.78, 5) is 24.6. The lowest BCUT2D eigenvalue weighted by atomic mass is 10.0. The predicted octanol–water partition coefficient (Wildman–Crippen LogP) is 18.8. The van der Waals surface area contributed by atoms with Crippen molar-refractivity contribution < 1.29 is 24.5 Å². The number of hydrogen-bond acceptors (Lipinski definition) is 5. The molecule has 0 bridgehead atoms. The first-order valence-electron chi connectivity index (χ1n) is 30.2. The summed E-state index contributed by atoms with van der Waals surface area (Å²) in [6, 6.07) is -0.587. The van der Waals surface area contributed by atoms with Gasteiger partial charge in [0.2, 0.25) is 5.91 Å². The minimum Gasteiger partial charge on any atom is -0.466 e. The summed E-state index contributed by atoms with van der Waals surface area (Å²) >= 11 is 0. The maximum Gasteiger partial charge on any atom is 0.305 e. The lowest BCUT2D eigenvalue weighted by molar-refractivity contribution is -0.143. The van der Waals surface area contributed by atoms with Crippen molar-refractivity contribution in [3.63, 3.8) is 0 Å². The van der Waals surface area contributed by atoms with Gasteiger partial charge in [0.05, 0.1) is 25.4 Å². The van der Waals surface area contributed by atoms with Crippen molar-refractivity contribution in [2.24, 2.45) is 0 Å². The van der Waals surface area contributed by atoms with Crippen LogP contribution in [0, 0.1) is 0 Å². The number of carbonyl (C=O) groups is 2. The first kappa shape index (κ1) is 66.1. The summed E-state index contributed by atoms with van der Waals surface area (Å²) in [5.41, 5.74) is 0. The Hall–Kier alpha value is -1.92. The molecule has 0 aliphatic rings. The number of allylic oxidation sites excluding steroid dienone is 6. The second kappa shape index (κ2) is 57.7. The van der Waals surface area contributed by atoms with Crippen molar-refractivity contribution >= 4 is 11.9 Å². The van der Waals surface area contributed by atoms with Crippen LogP contribution in [0.5, 0.6) is 0 Å². The van der Waals surface area contributed by atoms with Gasteiger partial charge in [-0.15, -0.1) is 0 Å². The summed E-state index contributed by atoms with van der Waals surface area (Å²) in [6.45, 7) is 4.90. The number of amides is 1. The van der Waals surface area contributed by atoms with Gasteiger partial charge in [-0.3, -0.25) is 9.59 Å². The van der Waals surface area contributed by atoms with E-state index in [1.807, 2.05) is 6.08 Å². The molecule has 0 saturated heterocycles. The highest BCUT2D eigenvalue weighted by Crippen LogP contribution is 2.17. The van der Waals surface area contributed by atoms with E-state index in [1.54, 1.807) is 0 Å². The Kier molecular flexibility index (Phi) is 56.0. The SMILES string of the molecule is CCCCCCCC/C=C\CCCCCCCCCCCC(=O)OCCCCCCCC/C=C\C/C=C\CCC(=O)NC(CO)C(O)CCCCCCCCCCCCCCCCCCCCC. The lowest BCUT2D eigenvalue weighted by Crippen LogP contribution is -2.45. The minimum atomic E-state index is -0.700. The van der Waals surface area contributed by atoms with E-state index in [0.29, 0.717) is 32.3 Å². The number of ether oxygens (including phenoxy) is 1.